The van der Waals surface area contributed by atoms with Gasteiger partial charge in [-0.2, -0.15) is 4.98 Å². The van der Waals surface area contributed by atoms with Crippen molar-refractivity contribution in [2.75, 3.05) is 5.43 Å². The van der Waals surface area contributed by atoms with E-state index in [9.17, 15) is 0 Å². The molecule has 0 atom stereocenters. The van der Waals surface area contributed by atoms with Crippen molar-refractivity contribution in [3.63, 3.8) is 0 Å². The minimum absolute atomic E-state index is 0.465. The fourth-order valence-electron chi connectivity index (χ4n) is 2.55. The van der Waals surface area contributed by atoms with E-state index in [2.05, 4.69) is 15.4 Å². The number of oxazole rings is 1. The highest BCUT2D eigenvalue weighted by atomic mass is 35.5. The Labute approximate surface area is 146 Å². The fourth-order valence-corrected chi connectivity index (χ4v) is 3.05. The third kappa shape index (κ3) is 2.41. The molecule has 0 fully saturated rings. The molecule has 0 aliphatic rings. The normalized spacial score (nSPS) is 11.1. The maximum absolute atomic E-state index is 6.36. The molecule has 0 saturated carbocycles. The van der Waals surface area contributed by atoms with Crippen molar-refractivity contribution in [3.05, 3.63) is 59.0 Å². The molecule has 120 valence electrons. The van der Waals surface area contributed by atoms with Gasteiger partial charge >= 0.3 is 5.84 Å². The van der Waals surface area contributed by atoms with Gasteiger partial charge in [0, 0.05) is 28.5 Å². The third-order valence-corrected chi connectivity index (χ3v) is 4.18. The second-order valence-corrected chi connectivity index (χ2v) is 5.91. The molecular weight excluding hydrogens is 349 g/mol. The summed E-state index contributed by atoms with van der Waals surface area (Å²) in [6, 6.07) is 8.96. The summed E-state index contributed by atoms with van der Waals surface area (Å²) < 4.78 is 7.26. The number of rotatable bonds is 3. The van der Waals surface area contributed by atoms with Gasteiger partial charge in [0.15, 0.2) is 0 Å². The first-order valence-electron chi connectivity index (χ1n) is 7.01. The van der Waals surface area contributed by atoms with Crippen molar-refractivity contribution < 1.29 is 4.42 Å². The fraction of sp³-hybridized carbons (Fsp3) is 0. The number of aromatic nitrogens is 3. The van der Waals surface area contributed by atoms with Gasteiger partial charge in [-0.15, -0.1) is 0 Å². The second-order valence-electron chi connectivity index (χ2n) is 5.07. The van der Waals surface area contributed by atoms with Crippen LogP contribution in [0.4, 0.5) is 5.82 Å². The minimum atomic E-state index is 0.465. The zero-order chi connectivity index (χ0) is 16.7. The van der Waals surface area contributed by atoms with Crippen LogP contribution >= 0.6 is 23.2 Å². The van der Waals surface area contributed by atoms with Crippen LogP contribution in [-0.2, 0) is 0 Å². The van der Waals surface area contributed by atoms with E-state index in [1.807, 2.05) is 16.5 Å². The maximum atomic E-state index is 6.36. The van der Waals surface area contributed by atoms with Gasteiger partial charge < -0.3 is 9.84 Å². The summed E-state index contributed by atoms with van der Waals surface area (Å²) in [5.74, 6) is 6.40. The molecule has 3 N–H and O–H groups in total. The molecule has 0 spiro atoms. The van der Waals surface area contributed by atoms with Crippen molar-refractivity contribution in [3.8, 4) is 22.5 Å². The number of benzene rings is 1. The standard InChI is InChI=1S/C16H11Cl2N5O/c17-10-2-3-11(12(18)7-10)14-15(23-5-6-24-16(23)21-14)9-1-4-13(22-19)20-8-9/h1-8H,19H2,(H,20,22). The topological polar surface area (TPSA) is 81.4 Å². The molecule has 0 aliphatic carbocycles. The highest BCUT2D eigenvalue weighted by molar-refractivity contribution is 6.36. The van der Waals surface area contributed by atoms with Crippen molar-refractivity contribution in [1.29, 1.82) is 0 Å². The van der Waals surface area contributed by atoms with E-state index < -0.39 is 0 Å². The Kier molecular flexibility index (Phi) is 3.65. The van der Waals surface area contributed by atoms with Crippen LogP contribution in [0.1, 0.15) is 0 Å². The maximum Gasteiger partial charge on any atom is 0.306 e. The van der Waals surface area contributed by atoms with Crippen LogP contribution in [0, 0.1) is 0 Å². The van der Waals surface area contributed by atoms with E-state index in [0.29, 0.717) is 27.4 Å². The minimum Gasteiger partial charge on any atom is -0.432 e. The molecule has 0 unspecified atom stereocenters. The number of hydrogen-bond donors (Lipinski definition) is 2. The number of pyridine rings is 1. The monoisotopic (exact) mass is 359 g/mol. The molecule has 3 aromatic heterocycles. The Morgan fingerprint density at radius 3 is 2.75 bits per heavy atom. The molecule has 24 heavy (non-hydrogen) atoms. The first kappa shape index (κ1) is 15.0. The molecule has 0 saturated heterocycles. The molecule has 4 rings (SSSR count). The van der Waals surface area contributed by atoms with Crippen molar-refractivity contribution in [2.24, 2.45) is 5.84 Å². The lowest BCUT2D eigenvalue weighted by molar-refractivity contribution is 0.596. The van der Waals surface area contributed by atoms with Crippen LogP contribution in [0.3, 0.4) is 0 Å². The van der Waals surface area contributed by atoms with Crippen molar-refractivity contribution >= 4 is 34.9 Å². The summed E-state index contributed by atoms with van der Waals surface area (Å²) >= 11 is 12.4. The number of fused-ring (bicyclic) bond motifs is 1. The van der Waals surface area contributed by atoms with Crippen molar-refractivity contribution in [2.45, 2.75) is 0 Å². The predicted molar refractivity (Wildman–Crippen MR) is 94.0 cm³/mol. The zero-order valence-corrected chi connectivity index (χ0v) is 13.7. The summed E-state index contributed by atoms with van der Waals surface area (Å²) in [6.45, 7) is 0. The Morgan fingerprint density at radius 1 is 1.17 bits per heavy atom. The summed E-state index contributed by atoms with van der Waals surface area (Å²) in [5, 5.41) is 1.07. The first-order chi connectivity index (χ1) is 11.7. The van der Waals surface area contributed by atoms with Gasteiger partial charge in [0.05, 0.1) is 10.7 Å². The molecule has 4 aromatic rings. The quantitative estimate of drug-likeness (QED) is 0.422. The summed E-state index contributed by atoms with van der Waals surface area (Å²) in [4.78, 5) is 8.81. The van der Waals surface area contributed by atoms with E-state index in [4.69, 9.17) is 33.5 Å². The van der Waals surface area contributed by atoms with Crippen LogP contribution < -0.4 is 11.3 Å². The number of anilines is 1. The summed E-state index contributed by atoms with van der Waals surface area (Å²) in [6.07, 6.45) is 5.07. The van der Waals surface area contributed by atoms with E-state index in [1.54, 1.807) is 36.9 Å². The van der Waals surface area contributed by atoms with Crippen LogP contribution in [-0.4, -0.2) is 14.4 Å². The van der Waals surface area contributed by atoms with Gasteiger partial charge in [0.1, 0.15) is 17.8 Å². The highest BCUT2D eigenvalue weighted by Gasteiger charge is 2.20. The lowest BCUT2D eigenvalue weighted by Crippen LogP contribution is -2.08. The molecule has 8 heteroatoms. The van der Waals surface area contributed by atoms with Gasteiger partial charge in [-0.1, -0.05) is 23.2 Å². The van der Waals surface area contributed by atoms with Gasteiger partial charge in [0.25, 0.3) is 0 Å². The predicted octanol–water partition coefficient (Wildman–Crippen LogP) is 4.25. The number of nitrogens with two attached hydrogens (primary N) is 1. The molecule has 3 heterocycles. The van der Waals surface area contributed by atoms with Crippen LogP contribution in [0.2, 0.25) is 10.0 Å². The summed E-state index contributed by atoms with van der Waals surface area (Å²) in [7, 11) is 0. The molecule has 0 aliphatic heterocycles. The van der Waals surface area contributed by atoms with Gasteiger partial charge in [-0.05, 0) is 30.3 Å². The number of nitrogens with zero attached hydrogens (tertiary/aromatic N) is 3. The zero-order valence-electron chi connectivity index (χ0n) is 12.2. The lowest BCUT2D eigenvalue weighted by Gasteiger charge is -2.07. The third-order valence-electron chi connectivity index (χ3n) is 3.63. The molecule has 1 aromatic carbocycles. The molecule has 6 nitrogen and oxygen atoms in total. The van der Waals surface area contributed by atoms with E-state index in [0.717, 1.165) is 16.8 Å². The second kappa shape index (κ2) is 5.83. The largest absolute Gasteiger partial charge is 0.432 e. The number of hydrogen-bond acceptors (Lipinski definition) is 5. The van der Waals surface area contributed by atoms with Crippen LogP contribution in [0.5, 0.6) is 0 Å². The van der Waals surface area contributed by atoms with Gasteiger partial charge in [0.2, 0.25) is 0 Å². The molecule has 0 bridgehead atoms. The smallest absolute Gasteiger partial charge is 0.306 e. The number of nitrogens with one attached hydrogen (secondary N) is 1. The Balaban J connectivity index is 1.97. The number of nitrogen functional groups attached to an aromatic ring is 1. The Hall–Kier alpha value is -2.54. The molecule has 0 amide bonds. The van der Waals surface area contributed by atoms with Gasteiger partial charge in [-0.3, -0.25) is 4.40 Å². The van der Waals surface area contributed by atoms with E-state index >= 15 is 0 Å². The lowest BCUT2D eigenvalue weighted by atomic mass is 10.1. The highest BCUT2D eigenvalue weighted by Crippen LogP contribution is 2.37. The van der Waals surface area contributed by atoms with E-state index in [1.165, 1.54) is 0 Å². The van der Waals surface area contributed by atoms with Crippen LogP contribution in [0.15, 0.2) is 53.4 Å². The summed E-state index contributed by atoms with van der Waals surface area (Å²) in [5.41, 5.74) is 5.62. The average Bonchev–Trinajstić information content (AvgIpc) is 3.16. The van der Waals surface area contributed by atoms with Gasteiger partial charge in [-0.25, -0.2) is 10.8 Å². The van der Waals surface area contributed by atoms with E-state index in [-0.39, 0.29) is 0 Å². The number of hydrazine groups is 1. The van der Waals surface area contributed by atoms with Crippen molar-refractivity contribution in [1.82, 2.24) is 14.4 Å². The average molecular weight is 360 g/mol. The first-order valence-corrected chi connectivity index (χ1v) is 7.77. The number of halogens is 2. The molecule has 0 radical (unpaired) electrons. The van der Waals surface area contributed by atoms with Crippen LogP contribution in [0.25, 0.3) is 28.4 Å². The SMILES string of the molecule is NNc1ccc(-c2c(-c3ccc(Cl)cc3Cl)nc3occn23)cn1. The number of imidazole rings is 1. The Bertz CT molecular complexity index is 1020. The Morgan fingerprint density at radius 2 is 2.04 bits per heavy atom. The molecular formula is C16H11Cl2N5O.